The van der Waals surface area contributed by atoms with E-state index in [1.165, 1.54) is 12.1 Å². The van der Waals surface area contributed by atoms with Crippen LogP contribution in [0.3, 0.4) is 0 Å². The summed E-state index contributed by atoms with van der Waals surface area (Å²) in [5, 5.41) is 3.31. The van der Waals surface area contributed by atoms with Gasteiger partial charge in [-0.2, -0.15) is 0 Å². The fourth-order valence-electron chi connectivity index (χ4n) is 1.88. The van der Waals surface area contributed by atoms with E-state index in [-0.39, 0.29) is 5.82 Å². The number of hydrogen-bond donors (Lipinski definition) is 1. The van der Waals surface area contributed by atoms with Crippen LogP contribution in [0.2, 0.25) is 0 Å². The maximum atomic E-state index is 13.0. The molecule has 2 rings (SSSR count). The summed E-state index contributed by atoms with van der Waals surface area (Å²) in [7, 11) is 0. The van der Waals surface area contributed by atoms with Gasteiger partial charge in [0.15, 0.2) is 0 Å². The number of hydrogen-bond acceptors (Lipinski definition) is 2. The van der Waals surface area contributed by atoms with Crippen molar-refractivity contribution in [3.05, 3.63) is 28.5 Å². The molecule has 1 aliphatic rings. The Balaban J connectivity index is 1.89. The van der Waals surface area contributed by atoms with Gasteiger partial charge in [0, 0.05) is 17.1 Å². The second kappa shape index (κ2) is 5.15. The maximum Gasteiger partial charge on any atom is 0.125 e. The number of ether oxygens (including phenoxy) is 1. The van der Waals surface area contributed by atoms with E-state index in [2.05, 4.69) is 21.2 Å². The monoisotopic (exact) mass is 287 g/mol. The SMILES string of the molecule is CCOC1CC(Nc2cc(F)ccc2Br)C1. The molecule has 1 fully saturated rings. The first-order chi connectivity index (χ1) is 7.69. The number of benzene rings is 1. The molecular formula is C12H15BrFNO. The summed E-state index contributed by atoms with van der Waals surface area (Å²) < 4.78 is 19.4. The van der Waals surface area contributed by atoms with Gasteiger partial charge in [-0.1, -0.05) is 0 Å². The van der Waals surface area contributed by atoms with Crippen molar-refractivity contribution in [1.29, 1.82) is 0 Å². The number of rotatable bonds is 4. The Morgan fingerprint density at radius 1 is 1.50 bits per heavy atom. The van der Waals surface area contributed by atoms with Gasteiger partial charge in [-0.05, 0) is 53.9 Å². The van der Waals surface area contributed by atoms with E-state index < -0.39 is 0 Å². The highest BCUT2D eigenvalue weighted by atomic mass is 79.9. The van der Waals surface area contributed by atoms with Crippen LogP contribution in [0.5, 0.6) is 0 Å². The first kappa shape index (κ1) is 11.9. The second-order valence-electron chi connectivity index (χ2n) is 4.01. The summed E-state index contributed by atoms with van der Waals surface area (Å²) in [6.07, 6.45) is 2.36. The number of anilines is 1. The normalized spacial score (nSPS) is 23.9. The van der Waals surface area contributed by atoms with Gasteiger partial charge < -0.3 is 10.1 Å². The van der Waals surface area contributed by atoms with Crippen LogP contribution in [0, 0.1) is 5.82 Å². The molecule has 16 heavy (non-hydrogen) atoms. The minimum absolute atomic E-state index is 0.216. The van der Waals surface area contributed by atoms with Crippen LogP contribution in [0.1, 0.15) is 19.8 Å². The van der Waals surface area contributed by atoms with Gasteiger partial charge >= 0.3 is 0 Å². The molecule has 1 saturated carbocycles. The van der Waals surface area contributed by atoms with Gasteiger partial charge in [-0.25, -0.2) is 4.39 Å². The van der Waals surface area contributed by atoms with Crippen LogP contribution in [0.15, 0.2) is 22.7 Å². The zero-order chi connectivity index (χ0) is 11.5. The Kier molecular flexibility index (Phi) is 3.82. The first-order valence-corrected chi connectivity index (χ1v) is 6.31. The average Bonchev–Trinajstić information content (AvgIpc) is 2.20. The lowest BCUT2D eigenvalue weighted by molar-refractivity contribution is 0.00298. The minimum atomic E-state index is -0.216. The van der Waals surface area contributed by atoms with Gasteiger partial charge in [0.1, 0.15) is 5.82 Å². The van der Waals surface area contributed by atoms with Crippen LogP contribution in [0.25, 0.3) is 0 Å². The quantitative estimate of drug-likeness (QED) is 0.914. The van der Waals surface area contributed by atoms with Crippen LogP contribution < -0.4 is 5.32 Å². The Morgan fingerprint density at radius 3 is 2.94 bits per heavy atom. The van der Waals surface area contributed by atoms with Crippen molar-refractivity contribution in [3.8, 4) is 0 Å². The molecule has 0 aromatic heterocycles. The first-order valence-electron chi connectivity index (χ1n) is 5.52. The Hall–Kier alpha value is -0.610. The van der Waals surface area contributed by atoms with Gasteiger partial charge in [0.05, 0.1) is 11.8 Å². The van der Waals surface area contributed by atoms with Crippen molar-refractivity contribution in [2.75, 3.05) is 11.9 Å². The summed E-state index contributed by atoms with van der Waals surface area (Å²) in [6, 6.07) is 5.07. The third kappa shape index (κ3) is 2.74. The molecule has 2 nitrogen and oxygen atoms in total. The Morgan fingerprint density at radius 2 is 2.25 bits per heavy atom. The van der Waals surface area contributed by atoms with Gasteiger partial charge in [-0.15, -0.1) is 0 Å². The highest BCUT2D eigenvalue weighted by Gasteiger charge is 2.29. The van der Waals surface area contributed by atoms with E-state index in [9.17, 15) is 4.39 Å². The molecule has 0 saturated heterocycles. The van der Waals surface area contributed by atoms with Crippen molar-refractivity contribution < 1.29 is 9.13 Å². The number of halogens is 2. The van der Waals surface area contributed by atoms with Crippen molar-refractivity contribution in [3.63, 3.8) is 0 Å². The Labute approximate surface area is 103 Å². The molecule has 0 unspecified atom stereocenters. The Bertz CT molecular complexity index is 366. The van der Waals surface area contributed by atoms with Crippen LogP contribution >= 0.6 is 15.9 Å². The molecule has 0 bridgehead atoms. The van der Waals surface area contributed by atoms with Gasteiger partial charge in [-0.3, -0.25) is 0 Å². The third-order valence-corrected chi connectivity index (χ3v) is 3.48. The van der Waals surface area contributed by atoms with E-state index in [1.54, 1.807) is 6.07 Å². The molecule has 0 heterocycles. The summed E-state index contributed by atoms with van der Waals surface area (Å²) >= 11 is 3.40. The van der Waals surface area contributed by atoms with Crippen molar-refractivity contribution in [2.45, 2.75) is 31.9 Å². The van der Waals surface area contributed by atoms with E-state index in [4.69, 9.17) is 4.74 Å². The number of nitrogens with one attached hydrogen (secondary N) is 1. The van der Waals surface area contributed by atoms with Crippen LogP contribution in [-0.4, -0.2) is 18.8 Å². The topological polar surface area (TPSA) is 21.3 Å². The molecule has 0 radical (unpaired) electrons. The predicted molar refractivity (Wildman–Crippen MR) is 66.2 cm³/mol. The lowest BCUT2D eigenvalue weighted by Gasteiger charge is -2.36. The lowest BCUT2D eigenvalue weighted by Crippen LogP contribution is -2.40. The van der Waals surface area contributed by atoms with Crippen molar-refractivity contribution >= 4 is 21.6 Å². The van der Waals surface area contributed by atoms with Gasteiger partial charge in [0.25, 0.3) is 0 Å². The van der Waals surface area contributed by atoms with Crippen molar-refractivity contribution in [1.82, 2.24) is 0 Å². The smallest absolute Gasteiger partial charge is 0.125 e. The minimum Gasteiger partial charge on any atom is -0.381 e. The molecule has 1 N–H and O–H groups in total. The van der Waals surface area contributed by atoms with Crippen LogP contribution in [-0.2, 0) is 4.74 Å². The molecule has 1 aromatic rings. The average molecular weight is 288 g/mol. The van der Waals surface area contributed by atoms with Gasteiger partial charge in [0.2, 0.25) is 0 Å². The highest BCUT2D eigenvalue weighted by Crippen LogP contribution is 2.30. The summed E-state index contributed by atoms with van der Waals surface area (Å²) in [5.41, 5.74) is 0.819. The largest absolute Gasteiger partial charge is 0.381 e. The van der Waals surface area contributed by atoms with Crippen molar-refractivity contribution in [2.24, 2.45) is 0 Å². The molecule has 4 heteroatoms. The molecule has 0 amide bonds. The summed E-state index contributed by atoms with van der Waals surface area (Å²) in [6.45, 7) is 2.77. The zero-order valence-corrected chi connectivity index (χ0v) is 10.8. The summed E-state index contributed by atoms with van der Waals surface area (Å²) in [4.78, 5) is 0. The molecule has 0 atom stereocenters. The zero-order valence-electron chi connectivity index (χ0n) is 9.17. The van der Waals surface area contributed by atoms with E-state index in [0.717, 1.165) is 29.6 Å². The molecule has 1 aromatic carbocycles. The predicted octanol–water partition coefficient (Wildman–Crippen LogP) is 3.57. The van der Waals surface area contributed by atoms with E-state index >= 15 is 0 Å². The summed E-state index contributed by atoms with van der Waals surface area (Å²) in [5.74, 6) is -0.216. The van der Waals surface area contributed by atoms with E-state index in [0.29, 0.717) is 12.1 Å². The lowest BCUT2D eigenvalue weighted by atomic mass is 9.89. The molecule has 0 spiro atoms. The highest BCUT2D eigenvalue weighted by molar-refractivity contribution is 9.10. The molecular weight excluding hydrogens is 273 g/mol. The fraction of sp³-hybridized carbons (Fsp3) is 0.500. The van der Waals surface area contributed by atoms with Crippen LogP contribution in [0.4, 0.5) is 10.1 Å². The fourth-order valence-corrected chi connectivity index (χ4v) is 2.24. The molecule has 88 valence electrons. The maximum absolute atomic E-state index is 13.0. The van der Waals surface area contributed by atoms with E-state index in [1.807, 2.05) is 6.92 Å². The molecule has 1 aliphatic carbocycles. The third-order valence-electron chi connectivity index (χ3n) is 2.79. The molecule has 0 aliphatic heterocycles. The standard InChI is InChI=1S/C12H15BrFNO/c1-2-16-10-6-9(7-10)15-12-5-8(14)3-4-11(12)13/h3-5,9-10,15H,2,6-7H2,1H3. The second-order valence-corrected chi connectivity index (χ2v) is 4.87.